The van der Waals surface area contributed by atoms with Gasteiger partial charge in [0.25, 0.3) is 10.1 Å². The highest BCUT2D eigenvalue weighted by Gasteiger charge is 2.47. The Bertz CT molecular complexity index is 3750. The van der Waals surface area contributed by atoms with Gasteiger partial charge in [-0.3, -0.25) is 9.55 Å². The fourth-order valence-corrected chi connectivity index (χ4v) is 12.8. The zero-order valence-corrected chi connectivity index (χ0v) is 44.1. The predicted molar refractivity (Wildman–Crippen MR) is 296 cm³/mol. The SMILES string of the molecule is Cc1ccc2c(c1)C(C)(C)c1cc3c(cc1-2)C(C)(C)C(/C=C/C1=C(c2ccccc2)C(=C/C=C2/N(C(=O)OCc4ccc(N=[N+]=[N-])cc4)c4cc5c(cc4C2(C)C)-c2ccc(S(=O)(=O)O)cc2C5(C)C)/CCC1)=N3. The highest BCUT2D eigenvalue weighted by molar-refractivity contribution is 7.85. The third-order valence-corrected chi connectivity index (χ3v) is 17.3. The number of hydrogen-bond acceptors (Lipinski definition) is 6. The molecule has 74 heavy (non-hydrogen) atoms. The molecule has 3 aliphatic carbocycles. The number of fused-ring (bicyclic) bond motifs is 8. The summed E-state index contributed by atoms with van der Waals surface area (Å²) in [5.41, 5.74) is 28.7. The number of anilines is 1. The molecule has 0 fully saturated rings. The summed E-state index contributed by atoms with van der Waals surface area (Å²) in [6.07, 6.45) is 10.9. The Labute approximate surface area is 433 Å². The van der Waals surface area contributed by atoms with Crippen LogP contribution < -0.4 is 4.90 Å². The Morgan fingerprint density at radius 1 is 0.716 bits per heavy atom. The highest BCUT2D eigenvalue weighted by Crippen LogP contribution is 2.57. The van der Waals surface area contributed by atoms with E-state index in [-0.39, 0.29) is 22.3 Å². The van der Waals surface area contributed by atoms with Crippen molar-refractivity contribution in [2.24, 2.45) is 10.1 Å². The van der Waals surface area contributed by atoms with Crippen molar-refractivity contribution in [1.29, 1.82) is 0 Å². The molecular weight excluding hydrogens is 939 g/mol. The standard InChI is InChI=1S/C63H59N5O5S/c1-37-18-26-44-46-32-52-54(34-50(46)60(2,3)48(44)30-37)65-56(62(52,6)7)28-21-40-16-13-17-41(58(40)39-14-11-10-12-15-39)22-29-57-63(8,9)53-33-47-45-27-25-43(74(70,71)72)31-49(45)61(4,5)51(47)35-55(53)68(57)59(69)73-36-38-19-23-42(24-20-38)66-67-64/h10-12,14-15,18-35H,13,16-17,36H2,1-9H3,(H,70,71,72)/b28-21+,41-22+,57-29+. The summed E-state index contributed by atoms with van der Waals surface area (Å²) < 4.78 is 40.8. The number of allylic oxidation sites excluding steroid dienone is 8. The first-order valence-electron chi connectivity index (χ1n) is 25.3. The maximum Gasteiger partial charge on any atom is 0.419 e. The number of amides is 1. The van der Waals surface area contributed by atoms with Crippen LogP contribution in [0.2, 0.25) is 0 Å². The maximum atomic E-state index is 14.8. The van der Waals surface area contributed by atoms with E-state index in [2.05, 4.69) is 143 Å². The van der Waals surface area contributed by atoms with Crippen LogP contribution in [-0.4, -0.2) is 24.8 Å². The molecule has 0 bridgehead atoms. The van der Waals surface area contributed by atoms with E-state index in [0.717, 1.165) is 80.9 Å². The van der Waals surface area contributed by atoms with Crippen LogP contribution in [0.25, 0.3) is 38.3 Å². The first-order valence-corrected chi connectivity index (χ1v) is 26.7. The number of ether oxygens (including phenoxy) is 1. The van der Waals surface area contributed by atoms with Gasteiger partial charge in [-0.25, -0.2) is 9.69 Å². The van der Waals surface area contributed by atoms with Crippen LogP contribution in [0.4, 0.5) is 21.9 Å². The molecule has 6 aromatic carbocycles. The molecule has 0 spiro atoms. The molecule has 11 heteroatoms. The molecule has 11 rings (SSSR count). The van der Waals surface area contributed by atoms with Gasteiger partial charge < -0.3 is 4.74 Å². The summed E-state index contributed by atoms with van der Waals surface area (Å²) in [5, 5.41) is 3.68. The van der Waals surface area contributed by atoms with Crippen LogP contribution in [0.15, 0.2) is 171 Å². The molecule has 0 saturated carbocycles. The summed E-state index contributed by atoms with van der Waals surface area (Å²) in [6.45, 7) is 19.6. The number of aryl methyl sites for hydroxylation is 1. The van der Waals surface area contributed by atoms with Crippen LogP contribution >= 0.6 is 0 Å². The maximum absolute atomic E-state index is 14.8. The van der Waals surface area contributed by atoms with Crippen molar-refractivity contribution in [3.05, 3.63) is 217 Å². The fourth-order valence-electron chi connectivity index (χ4n) is 12.3. The molecule has 1 N–H and O–H groups in total. The minimum absolute atomic E-state index is 0.0198. The van der Waals surface area contributed by atoms with Gasteiger partial charge in [0.2, 0.25) is 0 Å². The predicted octanol–water partition coefficient (Wildman–Crippen LogP) is 16.3. The fraction of sp³-hybridized carbons (Fsp3) is 0.270. The Morgan fingerprint density at radius 2 is 1.36 bits per heavy atom. The number of azide groups is 1. The number of carbonyl (C=O) groups is 1. The second-order valence-corrected chi connectivity index (χ2v) is 23.9. The van der Waals surface area contributed by atoms with Crippen molar-refractivity contribution in [2.45, 2.75) is 115 Å². The van der Waals surface area contributed by atoms with Crippen LogP contribution in [-0.2, 0) is 43.1 Å². The zero-order chi connectivity index (χ0) is 52.3. The molecule has 0 aromatic heterocycles. The van der Waals surface area contributed by atoms with Gasteiger partial charge in [-0.1, -0.05) is 157 Å². The Kier molecular flexibility index (Phi) is 11.4. The highest BCUT2D eigenvalue weighted by atomic mass is 32.2. The Morgan fingerprint density at radius 3 is 2.05 bits per heavy atom. The number of rotatable bonds is 8. The van der Waals surface area contributed by atoms with Gasteiger partial charge >= 0.3 is 6.09 Å². The van der Waals surface area contributed by atoms with Crippen molar-refractivity contribution < 1.29 is 22.5 Å². The van der Waals surface area contributed by atoms with Crippen LogP contribution in [0.5, 0.6) is 0 Å². The van der Waals surface area contributed by atoms with Gasteiger partial charge in [-0.15, -0.1) is 0 Å². The molecule has 0 saturated heterocycles. The topological polar surface area (TPSA) is 145 Å². The lowest BCUT2D eigenvalue weighted by Gasteiger charge is -2.26. The van der Waals surface area contributed by atoms with E-state index in [9.17, 15) is 17.8 Å². The largest absolute Gasteiger partial charge is 0.444 e. The minimum Gasteiger partial charge on any atom is -0.444 e. The van der Waals surface area contributed by atoms with Crippen molar-refractivity contribution in [2.75, 3.05) is 4.90 Å². The molecule has 2 heterocycles. The molecule has 0 atom stereocenters. The lowest BCUT2D eigenvalue weighted by atomic mass is 9.77. The van der Waals surface area contributed by atoms with E-state index >= 15 is 0 Å². The van der Waals surface area contributed by atoms with Gasteiger partial charge in [-0.2, -0.15) is 8.42 Å². The minimum atomic E-state index is -4.44. The van der Waals surface area contributed by atoms with Gasteiger partial charge in [0.15, 0.2) is 0 Å². The Hall–Kier alpha value is -7.56. The van der Waals surface area contributed by atoms with E-state index in [1.165, 1.54) is 50.6 Å². The first-order chi connectivity index (χ1) is 35.1. The summed E-state index contributed by atoms with van der Waals surface area (Å²) in [7, 11) is -4.44. The molecule has 10 nitrogen and oxygen atoms in total. The lowest BCUT2D eigenvalue weighted by Crippen LogP contribution is -2.32. The summed E-state index contributed by atoms with van der Waals surface area (Å²) in [4.78, 5) is 24.6. The number of benzene rings is 6. The van der Waals surface area contributed by atoms with Gasteiger partial charge in [0.05, 0.1) is 22.0 Å². The van der Waals surface area contributed by atoms with Crippen LogP contribution in [0.3, 0.4) is 0 Å². The Balaban J connectivity index is 0.994. The van der Waals surface area contributed by atoms with Crippen molar-refractivity contribution in [1.82, 2.24) is 0 Å². The monoisotopic (exact) mass is 997 g/mol. The number of nitrogens with zero attached hydrogens (tertiary/aromatic N) is 5. The molecule has 0 unspecified atom stereocenters. The lowest BCUT2D eigenvalue weighted by molar-refractivity contribution is 0.148. The van der Waals surface area contributed by atoms with Gasteiger partial charge in [-0.05, 0) is 164 Å². The smallest absolute Gasteiger partial charge is 0.419 e. The van der Waals surface area contributed by atoms with E-state index < -0.39 is 27.0 Å². The van der Waals surface area contributed by atoms with Gasteiger partial charge in [0, 0.05) is 38.0 Å². The molecule has 2 aliphatic heterocycles. The summed E-state index contributed by atoms with van der Waals surface area (Å²) in [5.74, 6) is 0. The third-order valence-electron chi connectivity index (χ3n) is 16.5. The van der Waals surface area contributed by atoms with E-state index in [4.69, 9.17) is 15.3 Å². The normalized spacial score (nSPS) is 19.2. The number of aliphatic imine (C=N–C) groups is 1. The molecule has 1 amide bonds. The molecule has 5 aliphatic rings. The van der Waals surface area contributed by atoms with Crippen molar-refractivity contribution in [3.8, 4) is 22.3 Å². The molecular formula is C63H59N5O5S. The average molecular weight is 998 g/mol. The van der Waals surface area contributed by atoms with Crippen molar-refractivity contribution in [3.63, 3.8) is 0 Å². The second kappa shape index (κ2) is 17.3. The van der Waals surface area contributed by atoms with E-state index in [1.807, 2.05) is 26.0 Å². The molecule has 0 radical (unpaired) electrons. The van der Waals surface area contributed by atoms with Crippen LogP contribution in [0.1, 0.15) is 125 Å². The van der Waals surface area contributed by atoms with Crippen molar-refractivity contribution >= 4 is 44.6 Å². The second-order valence-electron chi connectivity index (χ2n) is 22.5. The van der Waals surface area contributed by atoms with E-state index in [0.29, 0.717) is 11.4 Å². The summed E-state index contributed by atoms with van der Waals surface area (Å²) in [6, 6.07) is 37.9. The number of hydrogen-bond donors (Lipinski definition) is 1. The average Bonchev–Trinajstić information content (AvgIpc) is 3.95. The van der Waals surface area contributed by atoms with E-state index in [1.54, 1.807) is 41.3 Å². The third kappa shape index (κ3) is 7.79. The van der Waals surface area contributed by atoms with Gasteiger partial charge in [0.1, 0.15) is 6.61 Å². The zero-order valence-electron chi connectivity index (χ0n) is 43.3. The number of carbonyl (C=O) groups excluding carboxylic acids is 1. The molecule has 6 aromatic rings. The summed E-state index contributed by atoms with van der Waals surface area (Å²) >= 11 is 0. The first kappa shape index (κ1) is 48.7. The van der Waals surface area contributed by atoms with Crippen LogP contribution in [0, 0.1) is 6.92 Å². The molecule has 372 valence electrons. The quantitative estimate of drug-likeness (QED) is 0.0698.